The van der Waals surface area contributed by atoms with Crippen LogP contribution in [0.2, 0.25) is 0 Å². The van der Waals surface area contributed by atoms with Gasteiger partial charge in [-0.15, -0.1) is 0 Å². The zero-order valence-corrected chi connectivity index (χ0v) is 31.2. The van der Waals surface area contributed by atoms with Crippen LogP contribution in [0.1, 0.15) is 17.7 Å². The summed E-state index contributed by atoms with van der Waals surface area (Å²) < 4.78 is 27.8. The molecule has 266 valence electrons. The fraction of sp³-hybridized carbons (Fsp3) is 0.0392. The molecule has 0 N–H and O–H groups in total. The van der Waals surface area contributed by atoms with Crippen molar-refractivity contribution in [3.05, 3.63) is 187 Å². The van der Waals surface area contributed by atoms with Crippen molar-refractivity contribution in [2.24, 2.45) is 0 Å². The number of rotatable bonds is 6. The molecule has 3 aromatic heterocycles. The number of hydrogen-bond donors (Lipinski definition) is 0. The Morgan fingerprint density at radius 1 is 0.518 bits per heavy atom. The summed E-state index contributed by atoms with van der Waals surface area (Å²) in [4.78, 5) is 5.35. The average Bonchev–Trinajstić information content (AvgIpc) is 3.86. The Morgan fingerprint density at radius 3 is 1.89 bits per heavy atom. The molecule has 11 rings (SSSR count). The molecular weight excluding hydrogens is 706 g/mol. The first-order valence-electron chi connectivity index (χ1n) is 19.0. The zero-order valence-electron chi connectivity index (χ0n) is 30.4. The SMILES string of the molecule is O=P(c1ccccc1)(c1ccccc1)c1ccc(-c2ccc(-c3nc4cc(-c5cccc6oc7c(c56)CCC=C7)ccc4c4c3oc3ccccc34)cc2)cc1. The molecule has 1 aliphatic carbocycles. The van der Waals surface area contributed by atoms with Crippen LogP contribution in [0.3, 0.4) is 0 Å². The zero-order chi connectivity index (χ0) is 37.2. The molecule has 0 aliphatic heterocycles. The van der Waals surface area contributed by atoms with Crippen LogP contribution in [0.15, 0.2) is 185 Å². The smallest absolute Gasteiger partial charge is 0.171 e. The maximum atomic E-state index is 14.9. The molecule has 0 spiro atoms. The second kappa shape index (κ2) is 12.9. The molecule has 56 heavy (non-hydrogen) atoms. The van der Waals surface area contributed by atoms with Crippen LogP contribution in [0.4, 0.5) is 0 Å². The number of aryl methyl sites for hydroxylation is 1. The maximum Gasteiger partial charge on any atom is 0.171 e. The lowest BCUT2D eigenvalue weighted by atomic mass is 9.93. The van der Waals surface area contributed by atoms with E-state index < -0.39 is 7.14 Å². The summed E-state index contributed by atoms with van der Waals surface area (Å²) in [5.74, 6) is 0.963. The number of benzene rings is 7. The quantitative estimate of drug-likeness (QED) is 0.159. The molecule has 0 saturated heterocycles. The molecule has 0 saturated carbocycles. The van der Waals surface area contributed by atoms with Gasteiger partial charge in [-0.1, -0.05) is 158 Å². The summed E-state index contributed by atoms with van der Waals surface area (Å²) in [6.07, 6.45) is 6.27. The van der Waals surface area contributed by atoms with Gasteiger partial charge in [-0.25, -0.2) is 4.98 Å². The lowest BCUT2D eigenvalue weighted by Crippen LogP contribution is -2.24. The first-order valence-corrected chi connectivity index (χ1v) is 20.7. The van der Waals surface area contributed by atoms with Crippen LogP contribution in [0.5, 0.6) is 0 Å². The monoisotopic (exact) mass is 739 g/mol. The fourth-order valence-electron chi connectivity index (χ4n) is 8.53. The Labute approximate surface area is 323 Å². The van der Waals surface area contributed by atoms with Gasteiger partial charge >= 0.3 is 0 Å². The minimum atomic E-state index is -3.06. The molecule has 0 unspecified atom stereocenters. The summed E-state index contributed by atoms with van der Waals surface area (Å²) >= 11 is 0. The average molecular weight is 740 g/mol. The second-order valence-corrected chi connectivity index (χ2v) is 17.2. The molecule has 0 bridgehead atoms. The highest BCUT2D eigenvalue weighted by Gasteiger charge is 2.29. The van der Waals surface area contributed by atoms with E-state index in [1.165, 1.54) is 10.9 Å². The van der Waals surface area contributed by atoms with Crippen molar-refractivity contribution in [2.45, 2.75) is 12.8 Å². The van der Waals surface area contributed by atoms with Gasteiger partial charge in [0, 0.05) is 48.6 Å². The van der Waals surface area contributed by atoms with Crippen LogP contribution in [0, 0.1) is 0 Å². The van der Waals surface area contributed by atoms with E-state index in [2.05, 4.69) is 97.1 Å². The lowest BCUT2D eigenvalue weighted by Gasteiger charge is -2.20. The minimum Gasteiger partial charge on any atom is -0.456 e. The summed E-state index contributed by atoms with van der Waals surface area (Å²) in [5.41, 5.74) is 10.9. The Bertz CT molecular complexity index is 3150. The topological polar surface area (TPSA) is 56.2 Å². The number of furan rings is 2. The van der Waals surface area contributed by atoms with Gasteiger partial charge < -0.3 is 13.4 Å². The third-order valence-electron chi connectivity index (χ3n) is 11.3. The highest BCUT2D eigenvalue weighted by Crippen LogP contribution is 2.44. The van der Waals surface area contributed by atoms with E-state index in [0.29, 0.717) is 0 Å². The maximum absolute atomic E-state index is 14.9. The van der Waals surface area contributed by atoms with E-state index in [4.69, 9.17) is 13.8 Å². The van der Waals surface area contributed by atoms with Gasteiger partial charge in [0.25, 0.3) is 0 Å². The standard InChI is InChI=1S/C51H34NO3P/c53-56(37-12-3-1-4-13-37,38-14-5-2-6-15-38)39-29-26-34(27-30-39)33-22-24-35(25-23-33)50-51-49(43-17-8-10-20-46(43)55-51)41-31-28-36(32-44(41)52-50)40-18-11-21-47-48(40)42-16-7-9-19-45(42)54-47/h1-6,8-15,17-32H,7,16H2. The lowest BCUT2D eigenvalue weighted by molar-refractivity contribution is 0.592. The van der Waals surface area contributed by atoms with E-state index in [9.17, 15) is 4.57 Å². The Morgan fingerprint density at radius 2 is 1.14 bits per heavy atom. The highest BCUT2D eigenvalue weighted by molar-refractivity contribution is 7.85. The van der Waals surface area contributed by atoms with Gasteiger partial charge in [-0.3, -0.25) is 0 Å². The van der Waals surface area contributed by atoms with Gasteiger partial charge in [0.15, 0.2) is 12.7 Å². The third-order valence-corrected chi connectivity index (χ3v) is 14.3. The normalized spacial score (nSPS) is 12.9. The molecule has 0 amide bonds. The molecule has 3 heterocycles. The van der Waals surface area contributed by atoms with Crippen molar-refractivity contribution >= 4 is 72.9 Å². The highest BCUT2D eigenvalue weighted by atomic mass is 31.2. The number of para-hydroxylation sites is 1. The molecular formula is C51H34NO3P. The van der Waals surface area contributed by atoms with E-state index in [1.54, 1.807) is 0 Å². The van der Waals surface area contributed by atoms with Crippen molar-refractivity contribution in [3.8, 4) is 33.5 Å². The van der Waals surface area contributed by atoms with Crippen molar-refractivity contribution in [2.75, 3.05) is 0 Å². The Balaban J connectivity index is 1.01. The Hall–Kier alpha value is -6.74. The van der Waals surface area contributed by atoms with Crippen LogP contribution in [-0.4, -0.2) is 4.98 Å². The van der Waals surface area contributed by atoms with Gasteiger partial charge in [0.1, 0.15) is 22.6 Å². The second-order valence-electron chi connectivity index (χ2n) is 14.5. The van der Waals surface area contributed by atoms with Gasteiger partial charge in [-0.05, 0) is 59.4 Å². The predicted molar refractivity (Wildman–Crippen MR) is 232 cm³/mol. The summed E-state index contributed by atoms with van der Waals surface area (Å²) in [5, 5.41) is 6.84. The molecule has 7 aromatic carbocycles. The van der Waals surface area contributed by atoms with Crippen LogP contribution < -0.4 is 15.9 Å². The first-order chi connectivity index (χ1) is 27.6. The van der Waals surface area contributed by atoms with Gasteiger partial charge in [-0.2, -0.15) is 0 Å². The number of aromatic nitrogens is 1. The largest absolute Gasteiger partial charge is 0.456 e. The predicted octanol–water partition coefficient (Wildman–Crippen LogP) is 12.5. The molecule has 0 radical (unpaired) electrons. The minimum absolute atomic E-state index is 0.777. The molecule has 10 aromatic rings. The summed E-state index contributed by atoms with van der Waals surface area (Å²) in [7, 11) is -3.06. The van der Waals surface area contributed by atoms with Crippen LogP contribution >= 0.6 is 7.14 Å². The third kappa shape index (κ3) is 5.14. The van der Waals surface area contributed by atoms with Crippen molar-refractivity contribution in [3.63, 3.8) is 0 Å². The Kier molecular flexibility index (Phi) is 7.55. The van der Waals surface area contributed by atoms with Crippen molar-refractivity contribution < 1.29 is 13.4 Å². The van der Waals surface area contributed by atoms with E-state index >= 15 is 0 Å². The first kappa shape index (κ1) is 32.7. The van der Waals surface area contributed by atoms with E-state index in [0.717, 1.165) is 106 Å². The van der Waals surface area contributed by atoms with Crippen molar-refractivity contribution in [1.29, 1.82) is 0 Å². The van der Waals surface area contributed by atoms with E-state index in [1.807, 2.05) is 84.9 Å². The molecule has 4 nitrogen and oxygen atoms in total. The number of pyridine rings is 1. The van der Waals surface area contributed by atoms with Crippen molar-refractivity contribution in [1.82, 2.24) is 4.98 Å². The number of fused-ring (bicyclic) bond motifs is 8. The molecule has 5 heteroatoms. The van der Waals surface area contributed by atoms with E-state index in [-0.39, 0.29) is 0 Å². The van der Waals surface area contributed by atoms with Crippen LogP contribution in [0.25, 0.3) is 83.4 Å². The fourth-order valence-corrected chi connectivity index (χ4v) is 11.2. The molecule has 0 fully saturated rings. The van der Waals surface area contributed by atoms with Crippen LogP contribution in [-0.2, 0) is 11.0 Å². The molecule has 0 atom stereocenters. The molecule has 1 aliphatic rings. The number of allylic oxidation sites excluding steroid dienone is 1. The van der Waals surface area contributed by atoms with Gasteiger partial charge in [0.2, 0.25) is 0 Å². The summed E-state index contributed by atoms with van der Waals surface area (Å²) in [6, 6.07) is 57.4. The number of hydrogen-bond acceptors (Lipinski definition) is 4. The summed E-state index contributed by atoms with van der Waals surface area (Å²) in [6.45, 7) is 0. The van der Waals surface area contributed by atoms with Gasteiger partial charge in [0.05, 0.1) is 5.52 Å². The number of nitrogens with zero attached hydrogens (tertiary/aromatic N) is 1.